The first kappa shape index (κ1) is 10.5. The minimum atomic E-state index is -4.72. The fourth-order valence-electron chi connectivity index (χ4n) is 0.703. The molecule has 1 aromatic carbocycles. The van der Waals surface area contributed by atoms with Crippen LogP contribution in [0.25, 0.3) is 0 Å². The quantitative estimate of drug-likeness (QED) is 0.724. The lowest BCUT2D eigenvalue weighted by atomic mass is 10.3. The van der Waals surface area contributed by atoms with E-state index in [9.17, 15) is 13.2 Å². The van der Waals surface area contributed by atoms with Crippen LogP contribution in [0.15, 0.2) is 23.1 Å². The average molecular weight is 229 g/mol. The molecule has 0 aliphatic rings. The van der Waals surface area contributed by atoms with E-state index < -0.39 is 12.1 Å². The van der Waals surface area contributed by atoms with E-state index in [-0.39, 0.29) is 9.92 Å². The molecular formula is C7H4ClF3OS. The molecule has 1 aromatic rings. The van der Waals surface area contributed by atoms with Gasteiger partial charge < -0.3 is 4.74 Å². The van der Waals surface area contributed by atoms with Crippen LogP contribution in [0.5, 0.6) is 5.75 Å². The molecule has 0 aromatic heterocycles. The summed E-state index contributed by atoms with van der Waals surface area (Å²) in [4.78, 5) is -0.0264. The predicted molar refractivity (Wildman–Crippen MR) is 45.4 cm³/mol. The molecule has 1 rings (SSSR count). The summed E-state index contributed by atoms with van der Waals surface area (Å²) in [6.07, 6.45) is -4.72. The predicted octanol–water partition coefficient (Wildman–Crippen LogP) is 3.53. The highest BCUT2D eigenvalue weighted by Crippen LogP contribution is 2.33. The van der Waals surface area contributed by atoms with Gasteiger partial charge in [0.05, 0.1) is 9.92 Å². The van der Waals surface area contributed by atoms with Crippen molar-refractivity contribution >= 4 is 24.2 Å². The molecule has 0 spiro atoms. The first-order chi connectivity index (χ1) is 5.90. The van der Waals surface area contributed by atoms with E-state index in [0.717, 1.165) is 6.07 Å². The summed E-state index contributed by atoms with van der Waals surface area (Å²) in [5.74, 6) is -0.400. The summed E-state index contributed by atoms with van der Waals surface area (Å²) < 4.78 is 38.9. The number of hydrogen-bond donors (Lipinski definition) is 1. The summed E-state index contributed by atoms with van der Waals surface area (Å²) in [6, 6.07) is 3.91. The Bertz CT molecular complexity index is 313. The van der Waals surface area contributed by atoms with Crippen LogP contribution in [-0.4, -0.2) is 6.36 Å². The van der Waals surface area contributed by atoms with Crippen molar-refractivity contribution in [3.05, 3.63) is 23.2 Å². The molecule has 6 heteroatoms. The Morgan fingerprint density at radius 2 is 1.92 bits per heavy atom. The molecule has 0 fully saturated rings. The van der Waals surface area contributed by atoms with Gasteiger partial charge >= 0.3 is 6.36 Å². The molecular weight excluding hydrogens is 225 g/mol. The SMILES string of the molecule is FC(F)(F)Oc1cccc(Cl)c1S. The molecule has 0 bridgehead atoms. The Morgan fingerprint density at radius 3 is 2.46 bits per heavy atom. The van der Waals surface area contributed by atoms with Crippen LogP contribution in [-0.2, 0) is 0 Å². The van der Waals surface area contributed by atoms with Gasteiger partial charge in [0.2, 0.25) is 0 Å². The standard InChI is InChI=1S/C7H4ClF3OS/c8-4-2-1-3-5(6(4)13)12-7(9,10)11/h1-3,13H. The Labute approximate surface area is 82.9 Å². The minimum absolute atomic E-state index is 0.0264. The molecule has 0 atom stereocenters. The van der Waals surface area contributed by atoms with Gasteiger partial charge in [-0.3, -0.25) is 0 Å². The molecule has 0 aliphatic heterocycles. The van der Waals surface area contributed by atoms with Crippen molar-refractivity contribution in [1.29, 1.82) is 0 Å². The van der Waals surface area contributed by atoms with Crippen molar-refractivity contribution in [1.82, 2.24) is 0 Å². The summed E-state index contributed by atoms with van der Waals surface area (Å²) in [7, 11) is 0. The molecule has 0 saturated carbocycles. The second-order valence-electron chi connectivity index (χ2n) is 2.13. The second kappa shape index (κ2) is 3.67. The zero-order valence-corrected chi connectivity index (χ0v) is 7.75. The van der Waals surface area contributed by atoms with Gasteiger partial charge in [-0.05, 0) is 12.1 Å². The maximum absolute atomic E-state index is 11.8. The smallest absolute Gasteiger partial charge is 0.405 e. The van der Waals surface area contributed by atoms with E-state index in [4.69, 9.17) is 11.6 Å². The van der Waals surface area contributed by atoms with Crippen molar-refractivity contribution in [2.24, 2.45) is 0 Å². The molecule has 0 aliphatic carbocycles. The summed E-state index contributed by atoms with van der Waals surface area (Å²) in [5, 5.41) is 0.116. The number of ether oxygens (including phenoxy) is 1. The van der Waals surface area contributed by atoms with Crippen molar-refractivity contribution < 1.29 is 17.9 Å². The molecule has 0 radical (unpaired) electrons. The topological polar surface area (TPSA) is 9.23 Å². The van der Waals surface area contributed by atoms with Crippen molar-refractivity contribution in [3.63, 3.8) is 0 Å². The van der Waals surface area contributed by atoms with Crippen molar-refractivity contribution in [2.75, 3.05) is 0 Å². The highest BCUT2D eigenvalue weighted by molar-refractivity contribution is 7.80. The first-order valence-electron chi connectivity index (χ1n) is 3.13. The third-order valence-corrected chi connectivity index (χ3v) is 2.08. The fraction of sp³-hybridized carbons (Fsp3) is 0.143. The highest BCUT2D eigenvalue weighted by Gasteiger charge is 2.32. The molecule has 72 valence electrons. The van der Waals surface area contributed by atoms with Crippen LogP contribution in [0.2, 0.25) is 5.02 Å². The van der Waals surface area contributed by atoms with E-state index in [2.05, 4.69) is 17.4 Å². The number of thiol groups is 1. The van der Waals surface area contributed by atoms with E-state index in [1.165, 1.54) is 12.1 Å². The van der Waals surface area contributed by atoms with Crippen LogP contribution in [0.4, 0.5) is 13.2 Å². The number of benzene rings is 1. The van der Waals surface area contributed by atoms with E-state index >= 15 is 0 Å². The summed E-state index contributed by atoms with van der Waals surface area (Å²) >= 11 is 9.29. The number of halogens is 4. The van der Waals surface area contributed by atoms with Gasteiger partial charge in [-0.1, -0.05) is 17.7 Å². The van der Waals surface area contributed by atoms with Crippen LogP contribution in [0, 0.1) is 0 Å². The van der Waals surface area contributed by atoms with E-state index in [1.54, 1.807) is 0 Å². The molecule has 0 unspecified atom stereocenters. The number of rotatable bonds is 1. The molecule has 0 amide bonds. The fourth-order valence-corrected chi connectivity index (χ4v) is 1.06. The highest BCUT2D eigenvalue weighted by atomic mass is 35.5. The van der Waals surface area contributed by atoms with Crippen LogP contribution >= 0.6 is 24.2 Å². The Morgan fingerprint density at radius 1 is 1.31 bits per heavy atom. The van der Waals surface area contributed by atoms with Gasteiger partial charge in [0.15, 0.2) is 0 Å². The zero-order chi connectivity index (χ0) is 10.1. The maximum atomic E-state index is 11.8. The van der Waals surface area contributed by atoms with Crippen LogP contribution in [0.3, 0.4) is 0 Å². The lowest BCUT2D eigenvalue weighted by Crippen LogP contribution is -2.17. The lowest BCUT2D eigenvalue weighted by molar-refractivity contribution is -0.275. The van der Waals surface area contributed by atoms with E-state index in [0.29, 0.717) is 0 Å². The van der Waals surface area contributed by atoms with Crippen molar-refractivity contribution in [2.45, 2.75) is 11.3 Å². The monoisotopic (exact) mass is 228 g/mol. The largest absolute Gasteiger partial charge is 0.573 e. The van der Waals surface area contributed by atoms with Gasteiger partial charge in [0, 0.05) is 0 Å². The number of hydrogen-bond acceptors (Lipinski definition) is 2. The normalized spacial score (nSPS) is 11.5. The van der Waals surface area contributed by atoms with E-state index in [1.807, 2.05) is 0 Å². The summed E-state index contributed by atoms with van der Waals surface area (Å²) in [5.41, 5.74) is 0. The maximum Gasteiger partial charge on any atom is 0.573 e. The van der Waals surface area contributed by atoms with Gasteiger partial charge in [-0.25, -0.2) is 0 Å². The number of alkyl halides is 3. The molecule has 1 nitrogen and oxygen atoms in total. The van der Waals surface area contributed by atoms with Crippen LogP contribution in [0.1, 0.15) is 0 Å². The third kappa shape index (κ3) is 3.00. The second-order valence-corrected chi connectivity index (χ2v) is 2.99. The Hall–Kier alpha value is -0.550. The third-order valence-electron chi connectivity index (χ3n) is 1.18. The Balaban J connectivity index is 2.96. The van der Waals surface area contributed by atoms with Gasteiger partial charge in [0.1, 0.15) is 5.75 Å². The minimum Gasteiger partial charge on any atom is -0.405 e. The van der Waals surface area contributed by atoms with Gasteiger partial charge in [-0.2, -0.15) is 0 Å². The summed E-state index contributed by atoms with van der Waals surface area (Å²) in [6.45, 7) is 0. The molecule has 0 N–H and O–H groups in total. The van der Waals surface area contributed by atoms with Crippen LogP contribution < -0.4 is 4.74 Å². The zero-order valence-electron chi connectivity index (χ0n) is 6.10. The Kier molecular flexibility index (Phi) is 2.98. The molecule has 0 saturated heterocycles. The molecule has 0 heterocycles. The molecule has 13 heavy (non-hydrogen) atoms. The first-order valence-corrected chi connectivity index (χ1v) is 3.96. The lowest BCUT2D eigenvalue weighted by Gasteiger charge is -2.10. The average Bonchev–Trinajstić information content (AvgIpc) is 1.96. The van der Waals surface area contributed by atoms with Gasteiger partial charge in [-0.15, -0.1) is 25.8 Å². The van der Waals surface area contributed by atoms with Crippen molar-refractivity contribution in [3.8, 4) is 5.75 Å². The van der Waals surface area contributed by atoms with Gasteiger partial charge in [0.25, 0.3) is 0 Å².